The molecule has 1 aromatic carbocycles. The minimum atomic E-state index is -0.586. The predicted molar refractivity (Wildman–Crippen MR) is 133 cm³/mol. The maximum atomic E-state index is 14.4. The number of ether oxygens (including phenoxy) is 1. The molecule has 4 heterocycles. The van der Waals surface area contributed by atoms with Crippen LogP contribution < -0.4 is 16.4 Å². The van der Waals surface area contributed by atoms with Crippen LogP contribution in [0, 0.1) is 17.1 Å². The number of rotatable bonds is 6. The number of benzene rings is 1. The van der Waals surface area contributed by atoms with Gasteiger partial charge in [-0.05, 0) is 36.6 Å². The van der Waals surface area contributed by atoms with Gasteiger partial charge in [-0.1, -0.05) is 6.07 Å². The smallest absolute Gasteiger partial charge is 0.165 e. The number of halogens is 1. The first kappa shape index (κ1) is 23.6. The van der Waals surface area contributed by atoms with Crippen LogP contribution >= 0.6 is 0 Å². The van der Waals surface area contributed by atoms with Crippen LogP contribution in [0.1, 0.15) is 24.0 Å². The van der Waals surface area contributed by atoms with Crippen LogP contribution in [-0.2, 0) is 11.3 Å². The van der Waals surface area contributed by atoms with Crippen LogP contribution in [0.2, 0.25) is 0 Å². The Kier molecular flexibility index (Phi) is 6.45. The standard InChI is InChI=1S/C25H26FN9O/c1-36-12-22-19(28)3-2-6-35(22)21-10-30-20(15-4-5-16(9-27)18(26)7-15)8-17(21)11-34-14-33-23-24(29)31-13-32-25(23)34/h4-5,7-8,10,13-14,19,22H,2-3,6,11-12,28H2,1H3,(H2,29,31,32)/t19-,22-/m1/s1. The van der Waals surface area contributed by atoms with Crippen LogP contribution in [0.4, 0.5) is 15.9 Å². The molecule has 1 aliphatic heterocycles. The van der Waals surface area contributed by atoms with E-state index in [2.05, 4.69) is 24.8 Å². The third-order valence-electron chi connectivity index (χ3n) is 6.60. The Bertz CT molecular complexity index is 1450. The fraction of sp³-hybridized carbons (Fsp3) is 0.320. The van der Waals surface area contributed by atoms with Crippen molar-refractivity contribution in [3.8, 4) is 17.3 Å². The molecule has 2 atom stereocenters. The molecular weight excluding hydrogens is 461 g/mol. The Morgan fingerprint density at radius 2 is 2.08 bits per heavy atom. The van der Waals surface area contributed by atoms with Crippen molar-refractivity contribution in [2.45, 2.75) is 31.5 Å². The number of aromatic nitrogens is 5. The minimum absolute atomic E-state index is 0.0116. The van der Waals surface area contributed by atoms with Gasteiger partial charge in [-0.3, -0.25) is 4.98 Å². The number of methoxy groups -OCH3 is 1. The van der Waals surface area contributed by atoms with Crippen molar-refractivity contribution < 1.29 is 9.13 Å². The van der Waals surface area contributed by atoms with Gasteiger partial charge in [0.1, 0.15) is 23.7 Å². The number of pyridine rings is 1. The molecule has 1 fully saturated rings. The van der Waals surface area contributed by atoms with Crippen molar-refractivity contribution in [1.82, 2.24) is 24.5 Å². The second-order valence-electron chi connectivity index (χ2n) is 8.83. The molecular formula is C25H26FN9O. The number of nitrogen functional groups attached to an aromatic ring is 1. The van der Waals surface area contributed by atoms with E-state index in [4.69, 9.17) is 21.5 Å². The van der Waals surface area contributed by atoms with E-state index in [0.29, 0.717) is 41.4 Å². The van der Waals surface area contributed by atoms with Gasteiger partial charge in [0.15, 0.2) is 11.5 Å². The number of hydrogen-bond acceptors (Lipinski definition) is 9. The fourth-order valence-corrected chi connectivity index (χ4v) is 4.77. The van der Waals surface area contributed by atoms with Gasteiger partial charge in [-0.15, -0.1) is 0 Å². The number of fused-ring (bicyclic) bond motifs is 1. The van der Waals surface area contributed by atoms with E-state index < -0.39 is 5.82 Å². The molecule has 184 valence electrons. The highest BCUT2D eigenvalue weighted by Crippen LogP contribution is 2.32. The van der Waals surface area contributed by atoms with E-state index in [1.165, 1.54) is 18.5 Å². The third-order valence-corrected chi connectivity index (χ3v) is 6.60. The monoisotopic (exact) mass is 487 g/mol. The maximum absolute atomic E-state index is 14.4. The van der Waals surface area contributed by atoms with E-state index in [1.807, 2.05) is 16.7 Å². The number of nitriles is 1. The zero-order valence-corrected chi connectivity index (χ0v) is 19.8. The summed E-state index contributed by atoms with van der Waals surface area (Å²) < 4.78 is 21.8. The zero-order chi connectivity index (χ0) is 25.2. The Morgan fingerprint density at radius 1 is 1.22 bits per heavy atom. The van der Waals surface area contributed by atoms with Gasteiger partial charge in [0.05, 0.1) is 48.7 Å². The number of hydrogen-bond donors (Lipinski definition) is 2. The number of piperidine rings is 1. The molecule has 1 aliphatic rings. The molecule has 3 aromatic heterocycles. The summed E-state index contributed by atoms with van der Waals surface area (Å²) in [5.41, 5.74) is 16.6. The highest BCUT2D eigenvalue weighted by Gasteiger charge is 2.31. The van der Waals surface area contributed by atoms with Gasteiger partial charge in [-0.25, -0.2) is 19.3 Å². The van der Waals surface area contributed by atoms with Crippen molar-refractivity contribution >= 4 is 22.7 Å². The predicted octanol–water partition coefficient (Wildman–Crippen LogP) is 2.47. The lowest BCUT2D eigenvalue weighted by Crippen LogP contribution is -2.54. The molecule has 36 heavy (non-hydrogen) atoms. The van der Waals surface area contributed by atoms with Crippen LogP contribution in [0.25, 0.3) is 22.4 Å². The van der Waals surface area contributed by atoms with Crippen LogP contribution in [0.3, 0.4) is 0 Å². The molecule has 0 amide bonds. The van der Waals surface area contributed by atoms with Crippen molar-refractivity contribution in [1.29, 1.82) is 5.26 Å². The summed E-state index contributed by atoms with van der Waals surface area (Å²) >= 11 is 0. The summed E-state index contributed by atoms with van der Waals surface area (Å²) in [7, 11) is 1.67. The molecule has 1 saturated heterocycles. The molecule has 4 N–H and O–H groups in total. The molecule has 10 nitrogen and oxygen atoms in total. The van der Waals surface area contributed by atoms with Crippen molar-refractivity contribution in [2.75, 3.05) is 30.9 Å². The normalized spacial score (nSPS) is 17.9. The summed E-state index contributed by atoms with van der Waals surface area (Å²) in [6.45, 7) is 1.71. The lowest BCUT2D eigenvalue weighted by atomic mass is 9.95. The summed E-state index contributed by atoms with van der Waals surface area (Å²) in [6, 6.07) is 8.20. The zero-order valence-electron chi connectivity index (χ0n) is 19.8. The Balaban J connectivity index is 1.61. The number of anilines is 2. The molecule has 0 spiro atoms. The first-order chi connectivity index (χ1) is 17.5. The van der Waals surface area contributed by atoms with Gasteiger partial charge in [0, 0.05) is 25.3 Å². The quantitative estimate of drug-likeness (QED) is 0.419. The SMILES string of the molecule is COC[C@@H]1[C@H](N)CCCN1c1cnc(-c2ccc(C#N)c(F)c2)cc1Cn1cnc2c(N)ncnc21. The van der Waals surface area contributed by atoms with E-state index in [0.717, 1.165) is 30.6 Å². The number of nitrogens with two attached hydrogens (primary N) is 2. The second-order valence-corrected chi connectivity index (χ2v) is 8.83. The molecule has 11 heteroatoms. The Morgan fingerprint density at radius 3 is 2.86 bits per heavy atom. The highest BCUT2D eigenvalue weighted by atomic mass is 19.1. The van der Waals surface area contributed by atoms with E-state index in [1.54, 1.807) is 25.7 Å². The van der Waals surface area contributed by atoms with E-state index >= 15 is 0 Å². The summed E-state index contributed by atoms with van der Waals surface area (Å²) in [5.74, 6) is -0.276. The van der Waals surface area contributed by atoms with Crippen molar-refractivity contribution in [3.05, 3.63) is 60.1 Å². The van der Waals surface area contributed by atoms with Gasteiger partial charge in [0.25, 0.3) is 0 Å². The molecule has 0 radical (unpaired) electrons. The first-order valence-corrected chi connectivity index (χ1v) is 11.6. The summed E-state index contributed by atoms with van der Waals surface area (Å²) in [6.07, 6.45) is 6.74. The van der Waals surface area contributed by atoms with Crippen molar-refractivity contribution in [2.24, 2.45) is 5.73 Å². The highest BCUT2D eigenvalue weighted by molar-refractivity contribution is 5.81. The molecule has 5 rings (SSSR count). The van der Waals surface area contributed by atoms with E-state index in [9.17, 15) is 4.39 Å². The molecule has 4 aromatic rings. The lowest BCUT2D eigenvalue weighted by Gasteiger charge is -2.41. The van der Waals surface area contributed by atoms with Crippen LogP contribution in [0.5, 0.6) is 0 Å². The van der Waals surface area contributed by atoms with Crippen molar-refractivity contribution in [3.63, 3.8) is 0 Å². The summed E-state index contributed by atoms with van der Waals surface area (Å²) in [4.78, 5) is 19.7. The lowest BCUT2D eigenvalue weighted by molar-refractivity contribution is 0.157. The topological polar surface area (TPSA) is 145 Å². The molecule has 0 bridgehead atoms. The fourth-order valence-electron chi connectivity index (χ4n) is 4.77. The van der Waals surface area contributed by atoms with Gasteiger partial charge >= 0.3 is 0 Å². The van der Waals surface area contributed by atoms with Gasteiger partial charge in [0.2, 0.25) is 0 Å². The number of imidazole rings is 1. The molecule has 0 unspecified atom stereocenters. The van der Waals surface area contributed by atoms with Crippen LogP contribution in [0.15, 0.2) is 43.1 Å². The Labute approximate surface area is 207 Å². The number of nitrogens with zero attached hydrogens (tertiary/aromatic N) is 7. The van der Waals surface area contributed by atoms with Gasteiger partial charge in [-0.2, -0.15) is 5.26 Å². The average Bonchev–Trinajstić information content (AvgIpc) is 3.29. The minimum Gasteiger partial charge on any atom is -0.382 e. The first-order valence-electron chi connectivity index (χ1n) is 11.6. The molecule has 0 saturated carbocycles. The van der Waals surface area contributed by atoms with Crippen LogP contribution in [-0.4, -0.2) is 56.8 Å². The second kappa shape index (κ2) is 9.85. The average molecular weight is 488 g/mol. The third kappa shape index (κ3) is 4.32. The largest absolute Gasteiger partial charge is 0.382 e. The van der Waals surface area contributed by atoms with E-state index in [-0.39, 0.29) is 17.6 Å². The molecule has 0 aliphatic carbocycles. The van der Waals surface area contributed by atoms with Gasteiger partial charge < -0.3 is 25.7 Å². The maximum Gasteiger partial charge on any atom is 0.165 e. The summed E-state index contributed by atoms with van der Waals surface area (Å²) in [5, 5.41) is 9.08. The Hall–Kier alpha value is -4.14.